The van der Waals surface area contributed by atoms with Crippen LogP contribution in [0.5, 0.6) is 0 Å². The zero-order valence-electron chi connectivity index (χ0n) is 7.15. The summed E-state index contributed by atoms with van der Waals surface area (Å²) in [5.41, 5.74) is 1.59. The highest BCUT2D eigenvalue weighted by molar-refractivity contribution is 6.31. The summed E-state index contributed by atoms with van der Waals surface area (Å²) in [6.07, 6.45) is 0.690. The molecule has 13 heavy (non-hydrogen) atoms. The van der Waals surface area contributed by atoms with E-state index in [9.17, 15) is 4.39 Å². The van der Waals surface area contributed by atoms with E-state index in [1.54, 1.807) is 6.07 Å². The molecular formula is C10H9Cl2F. The topological polar surface area (TPSA) is 0 Å². The molecule has 2 rings (SSSR count). The van der Waals surface area contributed by atoms with Gasteiger partial charge in [-0.3, -0.25) is 0 Å². The monoisotopic (exact) mass is 218 g/mol. The van der Waals surface area contributed by atoms with Crippen molar-refractivity contribution in [3.8, 4) is 0 Å². The second kappa shape index (κ2) is 3.14. The molecule has 0 amide bonds. The Morgan fingerprint density at radius 1 is 1.46 bits per heavy atom. The van der Waals surface area contributed by atoms with E-state index in [1.807, 2.05) is 13.0 Å². The predicted molar refractivity (Wildman–Crippen MR) is 52.9 cm³/mol. The summed E-state index contributed by atoms with van der Waals surface area (Å²) in [6.45, 7) is 2.02. The van der Waals surface area contributed by atoms with Gasteiger partial charge in [-0.05, 0) is 29.5 Å². The summed E-state index contributed by atoms with van der Waals surface area (Å²) < 4.78 is 13.5. The Hall–Kier alpha value is -0.270. The summed E-state index contributed by atoms with van der Waals surface area (Å²) in [5.74, 6) is -0.00111. The third-order valence-electron chi connectivity index (χ3n) is 2.56. The Morgan fingerprint density at radius 3 is 2.85 bits per heavy atom. The summed E-state index contributed by atoms with van der Waals surface area (Å²) in [7, 11) is 0. The first-order chi connectivity index (χ1) is 6.11. The Kier molecular flexibility index (Phi) is 2.25. The standard InChI is InChI=1S/C10H9Cl2F/c1-5-4-7-6(9(5)12)2-3-8(11)10(7)13/h2-3,5,9H,4H2,1H3. The van der Waals surface area contributed by atoms with Gasteiger partial charge in [0.1, 0.15) is 5.82 Å². The first kappa shape index (κ1) is 9.29. The van der Waals surface area contributed by atoms with Gasteiger partial charge >= 0.3 is 0 Å². The summed E-state index contributed by atoms with van der Waals surface area (Å²) >= 11 is 11.8. The second-order valence-corrected chi connectivity index (χ2v) is 4.39. The van der Waals surface area contributed by atoms with Crippen LogP contribution in [0.2, 0.25) is 5.02 Å². The highest BCUT2D eigenvalue weighted by atomic mass is 35.5. The number of halogens is 3. The summed E-state index contributed by atoms with van der Waals surface area (Å²) in [6, 6.07) is 3.39. The number of rotatable bonds is 0. The van der Waals surface area contributed by atoms with Gasteiger partial charge in [0, 0.05) is 0 Å². The first-order valence-corrected chi connectivity index (χ1v) is 5.03. The lowest BCUT2D eigenvalue weighted by Gasteiger charge is -2.06. The lowest BCUT2D eigenvalue weighted by Crippen LogP contribution is -1.94. The van der Waals surface area contributed by atoms with Crippen LogP contribution in [0.25, 0.3) is 0 Å². The van der Waals surface area contributed by atoms with Crippen LogP contribution in [0.3, 0.4) is 0 Å². The van der Waals surface area contributed by atoms with Crippen LogP contribution in [0.1, 0.15) is 23.4 Å². The molecule has 0 nitrogen and oxygen atoms in total. The predicted octanol–water partition coefficient (Wildman–Crippen LogP) is 3.95. The normalized spacial score (nSPS) is 26.2. The molecule has 0 spiro atoms. The van der Waals surface area contributed by atoms with Crippen LogP contribution in [-0.4, -0.2) is 0 Å². The van der Waals surface area contributed by atoms with Gasteiger partial charge in [0.15, 0.2) is 0 Å². The van der Waals surface area contributed by atoms with Crippen molar-refractivity contribution < 1.29 is 4.39 Å². The van der Waals surface area contributed by atoms with Crippen molar-refractivity contribution in [2.24, 2.45) is 5.92 Å². The molecule has 0 N–H and O–H groups in total. The Balaban J connectivity index is 2.57. The number of fused-ring (bicyclic) bond motifs is 1. The molecule has 3 heteroatoms. The van der Waals surface area contributed by atoms with Gasteiger partial charge < -0.3 is 0 Å². The van der Waals surface area contributed by atoms with Crippen molar-refractivity contribution in [3.63, 3.8) is 0 Å². The minimum absolute atomic E-state index is 0.0678. The third-order valence-corrected chi connectivity index (χ3v) is 3.51. The molecule has 0 saturated carbocycles. The molecule has 1 aromatic rings. The molecule has 0 radical (unpaired) electrons. The maximum atomic E-state index is 13.5. The van der Waals surface area contributed by atoms with Gasteiger partial charge in [0.2, 0.25) is 0 Å². The number of benzene rings is 1. The van der Waals surface area contributed by atoms with Gasteiger partial charge in [-0.25, -0.2) is 4.39 Å². The average molecular weight is 219 g/mol. The molecule has 0 saturated heterocycles. The quantitative estimate of drug-likeness (QED) is 0.579. The van der Waals surface area contributed by atoms with E-state index in [-0.39, 0.29) is 16.2 Å². The number of alkyl halides is 1. The minimum atomic E-state index is -0.297. The summed E-state index contributed by atoms with van der Waals surface area (Å²) in [4.78, 5) is 0. The van der Waals surface area contributed by atoms with Crippen molar-refractivity contribution in [2.45, 2.75) is 18.7 Å². The van der Waals surface area contributed by atoms with E-state index in [0.29, 0.717) is 17.9 Å². The van der Waals surface area contributed by atoms with E-state index in [2.05, 4.69) is 0 Å². The van der Waals surface area contributed by atoms with Crippen molar-refractivity contribution in [1.29, 1.82) is 0 Å². The molecule has 1 aromatic carbocycles. The fourth-order valence-electron chi connectivity index (χ4n) is 1.81. The van der Waals surface area contributed by atoms with Crippen molar-refractivity contribution in [3.05, 3.63) is 34.1 Å². The van der Waals surface area contributed by atoms with Gasteiger partial charge in [-0.15, -0.1) is 11.6 Å². The van der Waals surface area contributed by atoms with Gasteiger partial charge in [0.25, 0.3) is 0 Å². The van der Waals surface area contributed by atoms with E-state index in [4.69, 9.17) is 23.2 Å². The third kappa shape index (κ3) is 1.35. The minimum Gasteiger partial charge on any atom is -0.205 e. The van der Waals surface area contributed by atoms with Crippen molar-refractivity contribution >= 4 is 23.2 Å². The Bertz CT molecular complexity index is 349. The average Bonchev–Trinajstić information content (AvgIpc) is 2.38. The molecule has 0 aliphatic heterocycles. The van der Waals surface area contributed by atoms with Gasteiger partial charge in [0.05, 0.1) is 10.4 Å². The van der Waals surface area contributed by atoms with Crippen LogP contribution in [-0.2, 0) is 6.42 Å². The molecule has 2 unspecified atom stereocenters. The molecule has 70 valence electrons. The Labute approximate surface area is 86.7 Å². The van der Waals surface area contributed by atoms with Crippen LogP contribution < -0.4 is 0 Å². The van der Waals surface area contributed by atoms with E-state index in [1.165, 1.54) is 0 Å². The van der Waals surface area contributed by atoms with Gasteiger partial charge in [-0.1, -0.05) is 24.6 Å². The highest BCUT2D eigenvalue weighted by Gasteiger charge is 2.30. The lowest BCUT2D eigenvalue weighted by molar-refractivity contribution is 0.580. The fraction of sp³-hybridized carbons (Fsp3) is 0.400. The molecule has 0 bridgehead atoms. The first-order valence-electron chi connectivity index (χ1n) is 4.22. The fourth-order valence-corrected chi connectivity index (χ4v) is 2.28. The lowest BCUT2D eigenvalue weighted by atomic mass is 10.1. The molecule has 0 fully saturated rings. The highest BCUT2D eigenvalue weighted by Crippen LogP contribution is 2.42. The summed E-state index contributed by atoms with van der Waals surface area (Å²) in [5, 5.41) is 0.124. The number of hydrogen-bond acceptors (Lipinski definition) is 0. The van der Waals surface area contributed by atoms with Gasteiger partial charge in [-0.2, -0.15) is 0 Å². The zero-order valence-corrected chi connectivity index (χ0v) is 8.66. The van der Waals surface area contributed by atoms with Crippen molar-refractivity contribution in [2.75, 3.05) is 0 Å². The molecule has 1 aliphatic carbocycles. The molecule has 2 atom stereocenters. The Morgan fingerprint density at radius 2 is 2.15 bits per heavy atom. The largest absolute Gasteiger partial charge is 0.205 e. The van der Waals surface area contributed by atoms with Crippen LogP contribution in [0.15, 0.2) is 12.1 Å². The van der Waals surface area contributed by atoms with E-state index >= 15 is 0 Å². The van der Waals surface area contributed by atoms with Crippen molar-refractivity contribution in [1.82, 2.24) is 0 Å². The SMILES string of the molecule is CC1Cc2c(ccc(Cl)c2F)C1Cl. The molecule has 1 aliphatic rings. The molecular weight excluding hydrogens is 210 g/mol. The van der Waals surface area contributed by atoms with E-state index < -0.39 is 0 Å². The molecule has 0 aromatic heterocycles. The van der Waals surface area contributed by atoms with E-state index in [0.717, 1.165) is 5.56 Å². The maximum absolute atomic E-state index is 13.5. The number of hydrogen-bond donors (Lipinski definition) is 0. The maximum Gasteiger partial charge on any atom is 0.145 e. The smallest absolute Gasteiger partial charge is 0.145 e. The second-order valence-electron chi connectivity index (χ2n) is 3.51. The molecule has 0 heterocycles. The van der Waals surface area contributed by atoms with Crippen LogP contribution in [0, 0.1) is 11.7 Å². The zero-order chi connectivity index (χ0) is 9.59. The van der Waals surface area contributed by atoms with Crippen LogP contribution >= 0.6 is 23.2 Å². The van der Waals surface area contributed by atoms with Crippen LogP contribution in [0.4, 0.5) is 4.39 Å².